The Morgan fingerprint density at radius 3 is 1.95 bits per heavy atom. The van der Waals surface area contributed by atoms with Crippen LogP contribution in [0.1, 0.15) is 60.9 Å². The molecule has 1 saturated carbocycles. The molecule has 3 fully saturated rings. The fourth-order valence-electron chi connectivity index (χ4n) is 6.50. The van der Waals surface area contributed by atoms with E-state index < -0.39 is 11.7 Å². The van der Waals surface area contributed by atoms with Gasteiger partial charge in [-0.05, 0) is 61.1 Å². The third-order valence-corrected chi connectivity index (χ3v) is 9.11. The summed E-state index contributed by atoms with van der Waals surface area (Å²) >= 11 is 0. The number of halogens is 3. The molecular weight excluding hydrogens is 517 g/mol. The number of hydrogen-bond donors (Lipinski definition) is 0. The van der Waals surface area contributed by atoms with Crippen LogP contribution in [0.5, 0.6) is 0 Å². The molecule has 0 N–H and O–H groups in total. The Labute approximate surface area is 234 Å². The van der Waals surface area contributed by atoms with Crippen LogP contribution in [-0.2, 0) is 6.18 Å². The van der Waals surface area contributed by atoms with Crippen LogP contribution in [-0.4, -0.2) is 89.9 Å². The van der Waals surface area contributed by atoms with Crippen LogP contribution < -0.4 is 0 Å². The number of likely N-dealkylation sites (N-methyl/N-ethyl adjacent to an activating group) is 2. The zero-order valence-corrected chi connectivity index (χ0v) is 23.4. The first-order valence-electron chi connectivity index (χ1n) is 14.4. The van der Waals surface area contributed by atoms with Gasteiger partial charge in [0.25, 0.3) is 5.91 Å². The Morgan fingerprint density at radius 1 is 0.750 bits per heavy atom. The van der Waals surface area contributed by atoms with Gasteiger partial charge in [-0.3, -0.25) is 9.69 Å². The fraction of sp³-hybridized carbons (Fsp3) is 0.548. The number of carbonyl (C=O) groups is 2. The Hall–Kier alpha value is -3.07. The molecule has 0 radical (unpaired) electrons. The molecular formula is C31H39F3N4O2. The first kappa shape index (κ1) is 28.5. The first-order chi connectivity index (χ1) is 19.1. The molecule has 3 aliphatic rings. The number of benzene rings is 2. The molecule has 2 heterocycles. The van der Waals surface area contributed by atoms with Gasteiger partial charge >= 0.3 is 12.2 Å². The summed E-state index contributed by atoms with van der Waals surface area (Å²) in [6.07, 6.45) is 3.87. The second kappa shape index (κ2) is 11.8. The van der Waals surface area contributed by atoms with Crippen molar-refractivity contribution in [1.82, 2.24) is 19.6 Å². The van der Waals surface area contributed by atoms with Gasteiger partial charge in [0.1, 0.15) is 0 Å². The van der Waals surface area contributed by atoms with Crippen LogP contribution in [0.4, 0.5) is 18.0 Å². The van der Waals surface area contributed by atoms with Crippen LogP contribution in [0.15, 0.2) is 48.5 Å². The van der Waals surface area contributed by atoms with Crippen molar-refractivity contribution in [2.45, 2.75) is 69.2 Å². The van der Waals surface area contributed by atoms with Crippen LogP contribution >= 0.6 is 0 Å². The predicted octanol–water partition coefficient (Wildman–Crippen LogP) is 5.98. The minimum Gasteiger partial charge on any atom is -0.337 e. The lowest BCUT2D eigenvalue weighted by molar-refractivity contribution is -0.137. The second-order valence-electron chi connectivity index (χ2n) is 11.6. The van der Waals surface area contributed by atoms with E-state index in [1.807, 2.05) is 16.8 Å². The molecule has 2 saturated heterocycles. The molecule has 40 heavy (non-hydrogen) atoms. The van der Waals surface area contributed by atoms with Gasteiger partial charge in [-0.25, -0.2) is 4.79 Å². The number of hydrogen-bond acceptors (Lipinski definition) is 3. The molecule has 6 nitrogen and oxygen atoms in total. The maximum absolute atomic E-state index is 13.3. The van der Waals surface area contributed by atoms with E-state index >= 15 is 0 Å². The number of rotatable bonds is 5. The topological polar surface area (TPSA) is 47.1 Å². The van der Waals surface area contributed by atoms with Crippen molar-refractivity contribution in [3.05, 3.63) is 59.7 Å². The van der Waals surface area contributed by atoms with Gasteiger partial charge in [-0.1, -0.05) is 43.5 Å². The third kappa shape index (κ3) is 6.14. The van der Waals surface area contributed by atoms with Gasteiger partial charge in [0.15, 0.2) is 0 Å². The van der Waals surface area contributed by atoms with E-state index in [1.165, 1.54) is 44.2 Å². The number of alkyl halides is 3. The maximum Gasteiger partial charge on any atom is 0.416 e. The molecule has 2 aliphatic heterocycles. The highest BCUT2D eigenvalue weighted by molar-refractivity contribution is 5.95. The summed E-state index contributed by atoms with van der Waals surface area (Å²) in [7, 11) is 3.69. The van der Waals surface area contributed by atoms with Crippen molar-refractivity contribution in [2.75, 3.05) is 40.3 Å². The molecule has 3 amide bonds. The van der Waals surface area contributed by atoms with Crippen LogP contribution in [0.25, 0.3) is 11.1 Å². The van der Waals surface area contributed by atoms with Crippen molar-refractivity contribution in [3.8, 4) is 11.1 Å². The van der Waals surface area contributed by atoms with Gasteiger partial charge in [-0.2, -0.15) is 13.2 Å². The predicted molar refractivity (Wildman–Crippen MR) is 149 cm³/mol. The molecule has 2 atom stereocenters. The highest BCUT2D eigenvalue weighted by Crippen LogP contribution is 2.31. The number of amides is 3. The molecule has 2 aromatic rings. The van der Waals surface area contributed by atoms with Crippen LogP contribution in [0.2, 0.25) is 0 Å². The largest absolute Gasteiger partial charge is 0.416 e. The normalized spacial score (nSPS) is 22.5. The van der Waals surface area contributed by atoms with E-state index in [9.17, 15) is 22.8 Å². The summed E-state index contributed by atoms with van der Waals surface area (Å²) in [5.74, 6) is -0.134. The average Bonchev–Trinajstić information content (AvgIpc) is 3.67. The highest BCUT2D eigenvalue weighted by Gasteiger charge is 2.37. The SMILES string of the molecule is CN(C(=O)c1ccc(-c2ccc(C(F)(F)F)cc2)cc1)C1CCN(C(=O)N(C)C2CCN(C3CCCCC3)C2)C1. The maximum atomic E-state index is 13.3. The van der Waals surface area contributed by atoms with Gasteiger partial charge in [0.2, 0.25) is 0 Å². The first-order valence-corrected chi connectivity index (χ1v) is 14.4. The van der Waals surface area contributed by atoms with Crippen molar-refractivity contribution >= 4 is 11.9 Å². The Balaban J connectivity index is 1.14. The lowest BCUT2D eigenvalue weighted by atomic mass is 9.94. The van der Waals surface area contributed by atoms with Crippen LogP contribution in [0.3, 0.4) is 0 Å². The number of nitrogens with zero attached hydrogens (tertiary/aromatic N) is 4. The van der Waals surface area contributed by atoms with E-state index in [0.717, 1.165) is 43.6 Å². The summed E-state index contributed by atoms with van der Waals surface area (Å²) in [5, 5.41) is 0. The van der Waals surface area contributed by atoms with E-state index in [-0.39, 0.29) is 24.0 Å². The summed E-state index contributed by atoms with van der Waals surface area (Å²) in [6.45, 7) is 3.14. The second-order valence-corrected chi connectivity index (χ2v) is 11.6. The lowest BCUT2D eigenvalue weighted by Gasteiger charge is -2.33. The summed E-state index contributed by atoms with van der Waals surface area (Å²) in [4.78, 5) is 34.6. The average molecular weight is 557 g/mol. The van der Waals surface area contributed by atoms with Crippen molar-refractivity contribution in [2.24, 2.45) is 0 Å². The minimum atomic E-state index is -4.37. The summed E-state index contributed by atoms with van der Waals surface area (Å²) < 4.78 is 38.6. The molecule has 2 aromatic carbocycles. The zero-order chi connectivity index (χ0) is 28.4. The van der Waals surface area contributed by atoms with E-state index in [2.05, 4.69) is 4.90 Å². The van der Waals surface area contributed by atoms with Crippen LogP contribution in [0, 0.1) is 0 Å². The molecule has 5 rings (SSSR count). The Bertz CT molecular complexity index is 1180. The van der Waals surface area contributed by atoms with E-state index in [1.54, 1.807) is 36.2 Å². The molecule has 0 spiro atoms. The van der Waals surface area contributed by atoms with E-state index in [4.69, 9.17) is 0 Å². The molecule has 9 heteroatoms. The van der Waals surface area contributed by atoms with E-state index in [0.29, 0.717) is 30.3 Å². The quantitative estimate of drug-likeness (QED) is 0.456. The van der Waals surface area contributed by atoms with Gasteiger partial charge in [0, 0.05) is 57.9 Å². The molecule has 0 aromatic heterocycles. The standard InChI is InChI=1S/C31H39F3N4O2/c1-35(29(39)24-10-8-22(9-11-24)23-12-14-25(15-13-23)31(32,33)34)27-17-19-38(21-27)30(40)36(2)28-16-18-37(20-28)26-6-4-3-5-7-26/h8-15,26-28H,3-7,16-21H2,1-2H3. The summed E-state index contributed by atoms with van der Waals surface area (Å²) in [5.41, 5.74) is 1.21. The minimum absolute atomic E-state index is 0.0414. The van der Waals surface area contributed by atoms with Crippen molar-refractivity contribution < 1.29 is 22.8 Å². The van der Waals surface area contributed by atoms with Gasteiger partial charge in [-0.15, -0.1) is 0 Å². The molecule has 2 unspecified atom stereocenters. The van der Waals surface area contributed by atoms with Gasteiger partial charge < -0.3 is 14.7 Å². The Kier molecular flexibility index (Phi) is 8.40. The highest BCUT2D eigenvalue weighted by atomic mass is 19.4. The molecule has 216 valence electrons. The monoisotopic (exact) mass is 556 g/mol. The van der Waals surface area contributed by atoms with Gasteiger partial charge in [0.05, 0.1) is 11.6 Å². The smallest absolute Gasteiger partial charge is 0.337 e. The third-order valence-electron chi connectivity index (χ3n) is 9.11. The van der Waals surface area contributed by atoms with Crippen molar-refractivity contribution in [1.29, 1.82) is 0 Å². The molecule has 0 bridgehead atoms. The molecule has 1 aliphatic carbocycles. The number of carbonyl (C=O) groups excluding carboxylic acids is 2. The Morgan fingerprint density at radius 2 is 1.32 bits per heavy atom. The summed E-state index contributed by atoms with van der Waals surface area (Å²) in [6, 6.07) is 12.8. The van der Waals surface area contributed by atoms with Crippen molar-refractivity contribution in [3.63, 3.8) is 0 Å². The zero-order valence-electron chi connectivity index (χ0n) is 23.4. The lowest BCUT2D eigenvalue weighted by Crippen LogP contribution is -2.48. The number of likely N-dealkylation sites (tertiary alicyclic amines) is 2. The number of urea groups is 1. The fourth-order valence-corrected chi connectivity index (χ4v) is 6.50.